The Morgan fingerprint density at radius 2 is 2.20 bits per heavy atom. The largest absolute Gasteiger partial charge is 0.393 e. The summed E-state index contributed by atoms with van der Waals surface area (Å²) < 4.78 is 32.5. The first kappa shape index (κ1) is 9.93. The highest BCUT2D eigenvalue weighted by atomic mass is 16.3. The molecule has 110 valence electrons. The zero-order valence-corrected chi connectivity index (χ0v) is 11.5. The lowest BCUT2D eigenvalue weighted by atomic mass is 10.2. The quantitative estimate of drug-likeness (QED) is 0.783. The third-order valence-corrected chi connectivity index (χ3v) is 3.25. The number of hydrogen-bond donors (Lipinski definition) is 1. The average Bonchev–Trinajstić information content (AvgIpc) is 2.79. The molecule has 20 heavy (non-hydrogen) atoms. The van der Waals surface area contributed by atoms with E-state index in [-0.39, 0.29) is 30.4 Å². The number of fused-ring (bicyclic) bond motifs is 1. The maximum Gasteiger partial charge on any atom is 0.332 e. The lowest BCUT2D eigenvalue weighted by molar-refractivity contribution is 0.180. The van der Waals surface area contributed by atoms with Gasteiger partial charge < -0.3 is 9.67 Å². The molecule has 2 aromatic heterocycles. The molecule has 0 saturated carbocycles. The predicted octanol–water partition coefficient (Wildman–Crippen LogP) is -0.0152. The molecule has 2 rings (SSSR count). The van der Waals surface area contributed by atoms with Crippen LogP contribution in [0.5, 0.6) is 0 Å². The summed E-state index contributed by atoms with van der Waals surface area (Å²) in [7, 11) is 3.01. The lowest BCUT2D eigenvalue weighted by Gasteiger charge is -2.09. The standard InChI is InChI=1S/C13H20N4O3/c1-9(18)6-4-5-7-17-12(19)10-11(14-8-15(10)2)16(3)13(17)20/h8-9,18H,4-7H2,1-3H3/i1D3,8D. The summed E-state index contributed by atoms with van der Waals surface area (Å²) in [6, 6.07) is 0. The van der Waals surface area contributed by atoms with E-state index in [0.29, 0.717) is 12.8 Å². The molecule has 7 heteroatoms. The van der Waals surface area contributed by atoms with Gasteiger partial charge in [-0.15, -0.1) is 0 Å². The number of aliphatic hydroxyl groups is 1. The molecule has 0 bridgehead atoms. The van der Waals surface area contributed by atoms with Crippen molar-refractivity contribution in [3.63, 3.8) is 0 Å². The normalized spacial score (nSPS) is 16.6. The number of aromatic nitrogens is 4. The molecule has 0 aromatic carbocycles. The van der Waals surface area contributed by atoms with Crippen LogP contribution in [0.25, 0.3) is 11.2 Å². The molecule has 0 fully saturated rings. The first-order valence-electron chi connectivity index (χ1n) is 8.36. The molecular weight excluding hydrogens is 260 g/mol. The summed E-state index contributed by atoms with van der Waals surface area (Å²) in [5.74, 6) is 0. The number of nitrogens with zero attached hydrogens (tertiary/aromatic N) is 4. The molecule has 1 atom stereocenters. The van der Waals surface area contributed by atoms with Gasteiger partial charge >= 0.3 is 5.69 Å². The van der Waals surface area contributed by atoms with E-state index >= 15 is 0 Å². The smallest absolute Gasteiger partial charge is 0.332 e. The van der Waals surface area contributed by atoms with Crippen LogP contribution < -0.4 is 11.2 Å². The van der Waals surface area contributed by atoms with Gasteiger partial charge in [0.15, 0.2) is 11.2 Å². The van der Waals surface area contributed by atoms with E-state index in [4.69, 9.17) is 5.48 Å². The van der Waals surface area contributed by atoms with E-state index in [1.807, 2.05) is 0 Å². The van der Waals surface area contributed by atoms with E-state index in [2.05, 4.69) is 4.98 Å². The highest BCUT2D eigenvalue weighted by Gasteiger charge is 2.14. The molecule has 0 radical (unpaired) electrons. The molecule has 0 aliphatic heterocycles. The second-order valence-electron chi connectivity index (χ2n) is 4.75. The van der Waals surface area contributed by atoms with Crippen LogP contribution in [0.15, 0.2) is 15.9 Å². The van der Waals surface area contributed by atoms with Crippen molar-refractivity contribution in [3.8, 4) is 0 Å². The SMILES string of the molecule is [2H]c1nc2c(c(=O)n(CCCCC(O)C([2H])([2H])[2H])c(=O)n2C)n1C. The Morgan fingerprint density at radius 1 is 1.45 bits per heavy atom. The van der Waals surface area contributed by atoms with Crippen LogP contribution in [0.1, 0.15) is 31.6 Å². The predicted molar refractivity (Wildman–Crippen MR) is 75.7 cm³/mol. The van der Waals surface area contributed by atoms with Crippen molar-refractivity contribution in [1.29, 1.82) is 0 Å². The fraction of sp³-hybridized carbons (Fsp3) is 0.615. The van der Waals surface area contributed by atoms with E-state index in [1.165, 1.54) is 23.2 Å². The third-order valence-electron chi connectivity index (χ3n) is 3.25. The molecule has 7 nitrogen and oxygen atoms in total. The van der Waals surface area contributed by atoms with E-state index in [0.717, 1.165) is 4.57 Å². The molecule has 1 N–H and O–H groups in total. The van der Waals surface area contributed by atoms with Crippen molar-refractivity contribution in [2.45, 2.75) is 38.8 Å². The zero-order valence-electron chi connectivity index (χ0n) is 15.5. The fourth-order valence-electron chi connectivity index (χ4n) is 2.14. The first-order valence-corrected chi connectivity index (χ1v) is 6.36. The summed E-state index contributed by atoms with van der Waals surface area (Å²) in [4.78, 5) is 28.7. The molecule has 0 saturated heterocycles. The minimum atomic E-state index is -2.43. The van der Waals surface area contributed by atoms with Gasteiger partial charge in [-0.3, -0.25) is 13.9 Å². The summed E-state index contributed by atoms with van der Waals surface area (Å²) in [5.41, 5.74) is -0.740. The zero-order chi connectivity index (χ0) is 18.2. The summed E-state index contributed by atoms with van der Waals surface area (Å²) >= 11 is 0. The van der Waals surface area contributed by atoms with E-state index in [9.17, 15) is 14.7 Å². The van der Waals surface area contributed by atoms with Gasteiger partial charge in [-0.25, -0.2) is 9.78 Å². The Bertz CT molecular complexity index is 865. The van der Waals surface area contributed by atoms with Gasteiger partial charge in [-0.05, 0) is 26.1 Å². The van der Waals surface area contributed by atoms with Crippen LogP contribution in [0.2, 0.25) is 0 Å². The van der Waals surface area contributed by atoms with E-state index < -0.39 is 24.2 Å². The maximum atomic E-state index is 12.5. The number of rotatable bonds is 5. The molecule has 0 spiro atoms. The second-order valence-corrected chi connectivity index (χ2v) is 4.75. The minimum Gasteiger partial charge on any atom is -0.393 e. The van der Waals surface area contributed by atoms with Crippen LogP contribution in [0.4, 0.5) is 0 Å². The number of aliphatic hydroxyl groups excluding tert-OH is 1. The Hall–Kier alpha value is -1.89. The molecule has 2 heterocycles. The maximum absolute atomic E-state index is 12.5. The van der Waals surface area contributed by atoms with Crippen LogP contribution in [-0.4, -0.2) is 29.9 Å². The summed E-state index contributed by atoms with van der Waals surface area (Å²) in [6.07, 6.45) is -0.726. The number of hydrogen-bond acceptors (Lipinski definition) is 4. The van der Waals surface area contributed by atoms with Crippen molar-refractivity contribution >= 4 is 11.2 Å². The number of unbranched alkanes of at least 4 members (excludes halogenated alkanes) is 1. The van der Waals surface area contributed by atoms with Crippen LogP contribution in [0.3, 0.4) is 0 Å². The fourth-order valence-corrected chi connectivity index (χ4v) is 2.14. The first-order chi connectivity index (χ1) is 11.1. The van der Waals surface area contributed by atoms with Gasteiger partial charge in [0.2, 0.25) is 0 Å². The van der Waals surface area contributed by atoms with Crippen LogP contribution in [0, 0.1) is 0 Å². The Labute approximate surface area is 121 Å². The number of aryl methyl sites for hydroxylation is 2. The highest BCUT2D eigenvalue weighted by molar-refractivity contribution is 5.69. The molecule has 0 amide bonds. The third kappa shape index (κ3) is 2.53. The Morgan fingerprint density at radius 3 is 2.90 bits per heavy atom. The highest BCUT2D eigenvalue weighted by Crippen LogP contribution is 2.04. The van der Waals surface area contributed by atoms with Crippen molar-refractivity contribution in [2.75, 3.05) is 0 Å². The van der Waals surface area contributed by atoms with Crippen molar-refractivity contribution < 1.29 is 10.6 Å². The molecule has 1 unspecified atom stereocenters. The van der Waals surface area contributed by atoms with Gasteiger partial charge in [0.1, 0.15) is 1.37 Å². The van der Waals surface area contributed by atoms with Crippen molar-refractivity contribution in [3.05, 3.63) is 27.1 Å². The average molecular weight is 284 g/mol. The topological polar surface area (TPSA) is 82.1 Å². The lowest BCUT2D eigenvalue weighted by Crippen LogP contribution is -2.39. The monoisotopic (exact) mass is 284 g/mol. The van der Waals surface area contributed by atoms with Crippen LogP contribution >= 0.6 is 0 Å². The van der Waals surface area contributed by atoms with Gasteiger partial charge in [-0.1, -0.05) is 0 Å². The van der Waals surface area contributed by atoms with Crippen molar-refractivity contribution in [2.24, 2.45) is 14.1 Å². The van der Waals surface area contributed by atoms with Gasteiger partial charge in [0.05, 0.1) is 12.4 Å². The molecule has 0 aliphatic rings. The van der Waals surface area contributed by atoms with E-state index in [1.54, 1.807) is 0 Å². The van der Waals surface area contributed by atoms with Crippen LogP contribution in [-0.2, 0) is 20.6 Å². The summed E-state index contributed by atoms with van der Waals surface area (Å²) in [5, 5.41) is 9.49. The minimum absolute atomic E-state index is 0.0659. The Kier molecular flexibility index (Phi) is 2.79. The second kappa shape index (κ2) is 5.62. The van der Waals surface area contributed by atoms with Crippen molar-refractivity contribution in [1.82, 2.24) is 18.7 Å². The number of imidazole rings is 1. The van der Waals surface area contributed by atoms with Gasteiger partial charge in [0, 0.05) is 24.8 Å². The van der Waals surface area contributed by atoms with Gasteiger partial charge in [0.25, 0.3) is 5.56 Å². The molecule has 0 aliphatic carbocycles. The molecule has 2 aromatic rings. The van der Waals surface area contributed by atoms with Gasteiger partial charge in [-0.2, -0.15) is 0 Å². The Balaban J connectivity index is 2.23. The molecular formula is C13H20N4O3. The summed E-state index contributed by atoms with van der Waals surface area (Å²) in [6.45, 7) is -2.32.